The number of carbonyl (C=O) groups is 1. The zero-order chi connectivity index (χ0) is 20.4. The molecule has 0 aliphatic heterocycles. The Balaban J connectivity index is 1.74. The molecule has 1 amide bonds. The minimum absolute atomic E-state index is 0.142. The molecule has 0 saturated heterocycles. The number of aromatic nitrogens is 2. The normalized spacial score (nSPS) is 10.9. The first kappa shape index (κ1) is 18.8. The molecule has 0 atom stereocenters. The summed E-state index contributed by atoms with van der Waals surface area (Å²) in [7, 11) is 0. The number of hydrogen-bond acceptors (Lipinski definition) is 4. The van der Waals surface area contributed by atoms with Gasteiger partial charge in [0.2, 0.25) is 5.91 Å². The highest BCUT2D eigenvalue weighted by Crippen LogP contribution is 2.17. The summed E-state index contributed by atoms with van der Waals surface area (Å²) < 4.78 is 16.5. The van der Waals surface area contributed by atoms with E-state index in [1.807, 2.05) is 30.3 Å². The van der Waals surface area contributed by atoms with Crippen LogP contribution in [0, 0.1) is 5.82 Å². The molecule has 4 aromatic rings. The van der Waals surface area contributed by atoms with Gasteiger partial charge in [0.25, 0.3) is 5.56 Å². The number of nitrogens with one attached hydrogen (secondary N) is 1. The van der Waals surface area contributed by atoms with Crippen molar-refractivity contribution in [2.45, 2.75) is 13.1 Å². The van der Waals surface area contributed by atoms with Gasteiger partial charge >= 0.3 is 5.69 Å². The maximum Gasteiger partial charge on any atom is 0.336 e. The number of para-hydroxylation sites is 1. The van der Waals surface area contributed by atoms with Gasteiger partial charge in [0.05, 0.1) is 11.2 Å². The summed E-state index contributed by atoms with van der Waals surface area (Å²) in [6.07, 6.45) is 0. The summed E-state index contributed by atoms with van der Waals surface area (Å²) in [4.78, 5) is 38.3. The lowest BCUT2D eigenvalue weighted by atomic mass is 10.2. The van der Waals surface area contributed by atoms with Gasteiger partial charge in [0.1, 0.15) is 17.1 Å². The van der Waals surface area contributed by atoms with Gasteiger partial charge in [0.15, 0.2) is 0 Å². The number of nitrogens with zero attached hydrogens (tertiary/aromatic N) is 2. The fourth-order valence-electron chi connectivity index (χ4n) is 3.08. The fourth-order valence-corrected chi connectivity index (χ4v) is 3.91. The molecule has 0 bridgehead atoms. The van der Waals surface area contributed by atoms with Crippen LogP contribution in [-0.4, -0.2) is 15.0 Å². The third kappa shape index (κ3) is 3.62. The van der Waals surface area contributed by atoms with Gasteiger partial charge in [-0.2, -0.15) is 0 Å². The molecule has 0 unspecified atom stereocenters. The van der Waals surface area contributed by atoms with Crippen LogP contribution in [-0.2, 0) is 17.9 Å². The Morgan fingerprint density at radius 2 is 1.72 bits per heavy atom. The molecular formula is C21H16FN3O3S. The van der Waals surface area contributed by atoms with Crippen molar-refractivity contribution in [1.82, 2.24) is 14.5 Å². The van der Waals surface area contributed by atoms with Gasteiger partial charge < -0.3 is 5.32 Å². The quantitative estimate of drug-likeness (QED) is 0.551. The van der Waals surface area contributed by atoms with Gasteiger partial charge in [-0.15, -0.1) is 11.3 Å². The van der Waals surface area contributed by atoms with Crippen molar-refractivity contribution in [2.24, 2.45) is 0 Å². The van der Waals surface area contributed by atoms with E-state index in [-0.39, 0.29) is 22.8 Å². The Hall–Kier alpha value is -3.52. The van der Waals surface area contributed by atoms with Crippen LogP contribution in [0.25, 0.3) is 15.9 Å². The highest BCUT2D eigenvalue weighted by molar-refractivity contribution is 7.17. The number of fused-ring (bicyclic) bond motifs is 1. The monoisotopic (exact) mass is 409 g/mol. The molecule has 0 spiro atoms. The molecule has 0 aliphatic rings. The average molecular weight is 409 g/mol. The van der Waals surface area contributed by atoms with Crippen molar-refractivity contribution in [3.8, 4) is 5.69 Å². The smallest absolute Gasteiger partial charge is 0.336 e. The summed E-state index contributed by atoms with van der Waals surface area (Å²) >= 11 is 1.14. The number of hydrogen-bond donors (Lipinski definition) is 1. The summed E-state index contributed by atoms with van der Waals surface area (Å²) in [5.74, 6) is -1.08. The van der Waals surface area contributed by atoms with Crippen molar-refractivity contribution in [2.75, 3.05) is 0 Å². The number of halogens is 1. The molecule has 8 heteroatoms. The number of benzene rings is 2. The van der Waals surface area contributed by atoms with Crippen LogP contribution in [0.1, 0.15) is 5.56 Å². The Morgan fingerprint density at radius 1 is 1.00 bits per heavy atom. The summed E-state index contributed by atoms with van der Waals surface area (Å²) in [6.45, 7) is 0.0296. The highest BCUT2D eigenvalue weighted by Gasteiger charge is 2.19. The molecule has 0 aliphatic carbocycles. The molecule has 0 saturated carbocycles. The number of carbonyl (C=O) groups excluding carboxylic acids is 1. The first-order valence-corrected chi connectivity index (χ1v) is 9.73. The highest BCUT2D eigenvalue weighted by atomic mass is 32.1. The maximum atomic E-state index is 14.3. The third-order valence-electron chi connectivity index (χ3n) is 4.48. The van der Waals surface area contributed by atoms with E-state index in [0.717, 1.165) is 21.5 Å². The van der Waals surface area contributed by atoms with Gasteiger partial charge in [-0.25, -0.2) is 13.8 Å². The lowest BCUT2D eigenvalue weighted by Crippen LogP contribution is -2.41. The van der Waals surface area contributed by atoms with Crippen LogP contribution < -0.4 is 16.6 Å². The van der Waals surface area contributed by atoms with Crippen molar-refractivity contribution < 1.29 is 9.18 Å². The van der Waals surface area contributed by atoms with E-state index in [9.17, 15) is 18.8 Å². The van der Waals surface area contributed by atoms with Gasteiger partial charge in [-0.05, 0) is 29.1 Å². The molecule has 1 N–H and O–H groups in total. The summed E-state index contributed by atoms with van der Waals surface area (Å²) in [5.41, 5.74) is -0.235. The van der Waals surface area contributed by atoms with Gasteiger partial charge in [-0.3, -0.25) is 14.2 Å². The van der Waals surface area contributed by atoms with Crippen molar-refractivity contribution >= 4 is 27.5 Å². The van der Waals surface area contributed by atoms with E-state index < -0.39 is 17.1 Å². The van der Waals surface area contributed by atoms with Crippen molar-refractivity contribution in [3.63, 3.8) is 0 Å². The van der Waals surface area contributed by atoms with Crippen molar-refractivity contribution in [3.05, 3.63) is 98.3 Å². The number of rotatable bonds is 5. The van der Waals surface area contributed by atoms with Gasteiger partial charge in [-0.1, -0.05) is 42.5 Å². The minimum atomic E-state index is -0.763. The Labute approximate surface area is 168 Å². The van der Waals surface area contributed by atoms with Crippen LogP contribution >= 0.6 is 11.3 Å². The second-order valence-electron chi connectivity index (χ2n) is 6.36. The second-order valence-corrected chi connectivity index (χ2v) is 7.27. The first-order chi connectivity index (χ1) is 14.1. The molecule has 2 heterocycles. The Morgan fingerprint density at radius 3 is 2.48 bits per heavy atom. The Kier molecular flexibility index (Phi) is 5.09. The summed E-state index contributed by atoms with van der Waals surface area (Å²) in [6, 6.07) is 16.5. The second kappa shape index (κ2) is 7.84. The lowest BCUT2D eigenvalue weighted by molar-refractivity contribution is -0.121. The molecule has 2 aromatic heterocycles. The number of amides is 1. The van der Waals surface area contributed by atoms with Crippen LogP contribution in [0.3, 0.4) is 0 Å². The van der Waals surface area contributed by atoms with Crippen LogP contribution in [0.15, 0.2) is 75.6 Å². The van der Waals surface area contributed by atoms with Crippen molar-refractivity contribution in [1.29, 1.82) is 0 Å². The molecule has 146 valence electrons. The minimum Gasteiger partial charge on any atom is -0.350 e. The van der Waals surface area contributed by atoms with E-state index in [1.165, 1.54) is 22.8 Å². The predicted octanol–water partition coefficient (Wildman–Crippen LogP) is 2.67. The standard InChI is InChI=1S/C21H16FN3O3S/c22-15-8-4-5-9-16(15)25-20(27)19-17(10-11-29-19)24(21(25)28)13-18(26)23-12-14-6-2-1-3-7-14/h1-11H,12-13H2,(H,23,26). The van der Waals surface area contributed by atoms with Gasteiger partial charge in [0, 0.05) is 6.54 Å². The molecule has 29 heavy (non-hydrogen) atoms. The van der Waals surface area contributed by atoms with E-state index in [4.69, 9.17) is 0 Å². The van der Waals surface area contributed by atoms with Crippen LogP contribution in [0.5, 0.6) is 0 Å². The maximum absolute atomic E-state index is 14.3. The molecular weight excluding hydrogens is 393 g/mol. The third-order valence-corrected chi connectivity index (χ3v) is 5.37. The lowest BCUT2D eigenvalue weighted by Gasteiger charge is -2.13. The number of thiophene rings is 1. The molecule has 0 radical (unpaired) electrons. The Bertz CT molecular complexity index is 1310. The van der Waals surface area contributed by atoms with Crippen LogP contribution in [0.2, 0.25) is 0 Å². The molecule has 6 nitrogen and oxygen atoms in total. The van der Waals surface area contributed by atoms with E-state index in [0.29, 0.717) is 12.1 Å². The predicted molar refractivity (Wildman–Crippen MR) is 110 cm³/mol. The zero-order valence-corrected chi connectivity index (χ0v) is 16.0. The molecule has 4 rings (SSSR count). The molecule has 0 fully saturated rings. The van der Waals surface area contributed by atoms with E-state index in [1.54, 1.807) is 17.5 Å². The van der Waals surface area contributed by atoms with E-state index >= 15 is 0 Å². The first-order valence-electron chi connectivity index (χ1n) is 8.85. The molecule has 2 aromatic carbocycles. The largest absolute Gasteiger partial charge is 0.350 e. The average Bonchev–Trinajstić information content (AvgIpc) is 3.22. The SMILES string of the molecule is O=C(Cn1c(=O)n(-c2ccccc2F)c(=O)c2sccc21)NCc1ccccc1. The fraction of sp³-hybridized carbons (Fsp3) is 0.0952. The summed E-state index contributed by atoms with van der Waals surface area (Å²) in [5, 5.41) is 4.42. The van der Waals surface area contributed by atoms with Crippen LogP contribution in [0.4, 0.5) is 4.39 Å². The topological polar surface area (TPSA) is 73.1 Å². The zero-order valence-electron chi connectivity index (χ0n) is 15.2. The van der Waals surface area contributed by atoms with E-state index in [2.05, 4.69) is 5.32 Å².